The van der Waals surface area contributed by atoms with E-state index in [4.69, 9.17) is 0 Å². The summed E-state index contributed by atoms with van der Waals surface area (Å²) < 4.78 is 1.09. The van der Waals surface area contributed by atoms with Crippen molar-refractivity contribution in [2.75, 3.05) is 6.54 Å². The summed E-state index contributed by atoms with van der Waals surface area (Å²) in [5, 5.41) is 0. The number of nitrogens with zero attached hydrogens (tertiary/aromatic N) is 1. The molecule has 2 rings (SSSR count). The molecule has 1 aliphatic rings. The van der Waals surface area contributed by atoms with Crippen LogP contribution in [0.5, 0.6) is 0 Å². The van der Waals surface area contributed by atoms with Crippen molar-refractivity contribution in [2.24, 2.45) is 5.92 Å². The Morgan fingerprint density at radius 3 is 2.88 bits per heavy atom. The van der Waals surface area contributed by atoms with Crippen LogP contribution in [0.25, 0.3) is 0 Å². The van der Waals surface area contributed by atoms with Crippen LogP contribution in [0.4, 0.5) is 0 Å². The summed E-state index contributed by atoms with van der Waals surface area (Å²) in [6.07, 6.45) is 3.07. The minimum atomic E-state index is 0.305. The Hall–Kier alpha value is -0.830. The molecule has 1 aromatic rings. The van der Waals surface area contributed by atoms with Crippen molar-refractivity contribution in [3.8, 4) is 0 Å². The quantitative estimate of drug-likeness (QED) is 0.831. The van der Waals surface area contributed by atoms with Crippen LogP contribution in [-0.4, -0.2) is 17.4 Å². The molecule has 0 radical (unpaired) electrons. The zero-order valence-corrected chi connectivity index (χ0v) is 11.7. The third-order valence-corrected chi connectivity index (χ3v) is 4.08. The van der Waals surface area contributed by atoms with Gasteiger partial charge in [0.15, 0.2) is 0 Å². The minimum Gasteiger partial charge on any atom is -0.338 e. The molecule has 1 unspecified atom stereocenters. The lowest BCUT2D eigenvalue weighted by atomic mass is 10.0. The maximum Gasteiger partial charge on any atom is 0.223 e. The average molecular weight is 296 g/mol. The highest BCUT2D eigenvalue weighted by Gasteiger charge is 2.28. The van der Waals surface area contributed by atoms with E-state index in [-0.39, 0.29) is 0 Å². The fourth-order valence-electron chi connectivity index (χ4n) is 2.44. The molecule has 0 aromatic heterocycles. The zero-order chi connectivity index (χ0) is 12.3. The van der Waals surface area contributed by atoms with Gasteiger partial charge >= 0.3 is 0 Å². The Morgan fingerprint density at radius 2 is 2.18 bits per heavy atom. The van der Waals surface area contributed by atoms with E-state index >= 15 is 0 Å². The number of carbonyl (C=O) groups excluding carboxylic acids is 1. The molecule has 1 heterocycles. The predicted molar refractivity (Wildman–Crippen MR) is 72.6 cm³/mol. The van der Waals surface area contributed by atoms with E-state index in [0.717, 1.165) is 30.4 Å². The van der Waals surface area contributed by atoms with Crippen LogP contribution in [0.2, 0.25) is 0 Å². The Labute approximate surface area is 111 Å². The number of hydrogen-bond acceptors (Lipinski definition) is 1. The number of hydrogen-bond donors (Lipinski definition) is 0. The van der Waals surface area contributed by atoms with Crippen LogP contribution in [0.3, 0.4) is 0 Å². The molecule has 92 valence electrons. The maximum absolute atomic E-state index is 11.9. The molecule has 17 heavy (non-hydrogen) atoms. The van der Waals surface area contributed by atoms with E-state index in [1.165, 1.54) is 12.0 Å². The summed E-state index contributed by atoms with van der Waals surface area (Å²) >= 11 is 3.53. The summed E-state index contributed by atoms with van der Waals surface area (Å²) in [4.78, 5) is 13.9. The number of likely N-dealkylation sites (tertiary alicyclic amines) is 1. The first kappa shape index (κ1) is 12.6. The summed E-state index contributed by atoms with van der Waals surface area (Å²) in [6.45, 7) is 3.84. The molecule has 2 nitrogen and oxygen atoms in total. The van der Waals surface area contributed by atoms with E-state index in [9.17, 15) is 4.79 Å². The summed E-state index contributed by atoms with van der Waals surface area (Å²) in [6, 6.07) is 8.12. The molecule has 1 fully saturated rings. The fraction of sp³-hybridized carbons (Fsp3) is 0.500. The molecule has 1 amide bonds. The van der Waals surface area contributed by atoms with Gasteiger partial charge in [-0.15, -0.1) is 0 Å². The average Bonchev–Trinajstić information content (AvgIpc) is 2.63. The highest BCUT2D eigenvalue weighted by molar-refractivity contribution is 9.10. The largest absolute Gasteiger partial charge is 0.338 e. The molecule has 1 aliphatic heterocycles. The molecule has 0 aliphatic carbocycles. The van der Waals surface area contributed by atoms with Crippen molar-refractivity contribution in [1.29, 1.82) is 0 Å². The topological polar surface area (TPSA) is 20.3 Å². The first-order chi connectivity index (χ1) is 8.20. The molecule has 1 aromatic carbocycles. The van der Waals surface area contributed by atoms with Gasteiger partial charge in [-0.3, -0.25) is 4.79 Å². The highest BCUT2D eigenvalue weighted by atomic mass is 79.9. The molecular formula is C14H18BrNO. The molecule has 0 spiro atoms. The Kier molecular flexibility index (Phi) is 4.21. The van der Waals surface area contributed by atoms with Crippen molar-refractivity contribution in [3.63, 3.8) is 0 Å². The summed E-state index contributed by atoms with van der Waals surface area (Å²) in [5.41, 5.74) is 1.19. The fourth-order valence-corrected chi connectivity index (χ4v) is 2.85. The van der Waals surface area contributed by atoms with Crippen LogP contribution in [0.1, 0.15) is 31.7 Å². The second kappa shape index (κ2) is 5.67. The van der Waals surface area contributed by atoms with E-state index in [2.05, 4.69) is 28.9 Å². The molecule has 1 saturated heterocycles. The van der Waals surface area contributed by atoms with Gasteiger partial charge in [-0.2, -0.15) is 0 Å². The lowest BCUT2D eigenvalue weighted by Crippen LogP contribution is -2.24. The second-order valence-electron chi connectivity index (χ2n) is 4.72. The SMILES string of the molecule is CCCC1CC(=O)N(Cc2ccccc2Br)C1. The monoisotopic (exact) mass is 295 g/mol. The van der Waals surface area contributed by atoms with E-state index in [1.54, 1.807) is 0 Å². The van der Waals surface area contributed by atoms with Gasteiger partial charge in [-0.25, -0.2) is 0 Å². The third-order valence-electron chi connectivity index (χ3n) is 3.31. The second-order valence-corrected chi connectivity index (χ2v) is 5.58. The van der Waals surface area contributed by atoms with Crippen molar-refractivity contribution in [3.05, 3.63) is 34.3 Å². The first-order valence-electron chi connectivity index (χ1n) is 6.22. The summed E-state index contributed by atoms with van der Waals surface area (Å²) in [7, 11) is 0. The number of amides is 1. The van der Waals surface area contributed by atoms with E-state index in [0.29, 0.717) is 11.8 Å². The van der Waals surface area contributed by atoms with Crippen LogP contribution in [0, 0.1) is 5.92 Å². The first-order valence-corrected chi connectivity index (χ1v) is 7.01. The van der Waals surface area contributed by atoms with Gasteiger partial charge in [-0.1, -0.05) is 47.5 Å². The van der Waals surface area contributed by atoms with Gasteiger partial charge in [0.05, 0.1) is 0 Å². The van der Waals surface area contributed by atoms with Gasteiger partial charge in [0.25, 0.3) is 0 Å². The van der Waals surface area contributed by atoms with E-state index in [1.807, 2.05) is 23.1 Å². The van der Waals surface area contributed by atoms with Gasteiger partial charge in [0.2, 0.25) is 5.91 Å². The number of carbonyl (C=O) groups is 1. The number of rotatable bonds is 4. The van der Waals surface area contributed by atoms with Gasteiger partial charge in [-0.05, 0) is 24.0 Å². The normalized spacial score (nSPS) is 20.0. The molecule has 0 bridgehead atoms. The molecular weight excluding hydrogens is 278 g/mol. The third kappa shape index (κ3) is 3.09. The van der Waals surface area contributed by atoms with Gasteiger partial charge in [0.1, 0.15) is 0 Å². The van der Waals surface area contributed by atoms with Gasteiger partial charge < -0.3 is 4.90 Å². The smallest absolute Gasteiger partial charge is 0.223 e. The molecule has 3 heteroatoms. The van der Waals surface area contributed by atoms with Crippen LogP contribution in [0.15, 0.2) is 28.7 Å². The van der Waals surface area contributed by atoms with Gasteiger partial charge in [0, 0.05) is 24.0 Å². The molecule has 0 N–H and O–H groups in total. The van der Waals surface area contributed by atoms with E-state index < -0.39 is 0 Å². The Bertz CT molecular complexity index is 405. The minimum absolute atomic E-state index is 0.305. The Balaban J connectivity index is 2.00. The standard InChI is InChI=1S/C14H18BrNO/c1-2-5-11-8-14(17)16(9-11)10-12-6-3-4-7-13(12)15/h3-4,6-7,11H,2,5,8-10H2,1H3. The van der Waals surface area contributed by atoms with Crippen LogP contribution >= 0.6 is 15.9 Å². The Morgan fingerprint density at radius 1 is 1.41 bits per heavy atom. The lowest BCUT2D eigenvalue weighted by molar-refractivity contribution is -0.128. The van der Waals surface area contributed by atoms with Crippen molar-refractivity contribution >= 4 is 21.8 Å². The van der Waals surface area contributed by atoms with Crippen LogP contribution in [-0.2, 0) is 11.3 Å². The predicted octanol–water partition coefficient (Wildman–Crippen LogP) is 3.60. The number of benzene rings is 1. The maximum atomic E-state index is 11.9. The molecule has 1 atom stereocenters. The summed E-state index contributed by atoms with van der Waals surface area (Å²) in [5.74, 6) is 0.870. The zero-order valence-electron chi connectivity index (χ0n) is 10.2. The lowest BCUT2D eigenvalue weighted by Gasteiger charge is -2.17. The van der Waals surface area contributed by atoms with Crippen molar-refractivity contribution in [2.45, 2.75) is 32.7 Å². The van der Waals surface area contributed by atoms with Crippen molar-refractivity contribution < 1.29 is 4.79 Å². The van der Waals surface area contributed by atoms with Crippen LogP contribution < -0.4 is 0 Å². The highest BCUT2D eigenvalue weighted by Crippen LogP contribution is 2.25. The van der Waals surface area contributed by atoms with Crippen molar-refractivity contribution in [1.82, 2.24) is 4.90 Å². The molecule has 0 saturated carbocycles. The number of halogens is 1.